The van der Waals surface area contributed by atoms with Crippen molar-refractivity contribution in [2.24, 2.45) is 11.3 Å². The van der Waals surface area contributed by atoms with Crippen LogP contribution in [0.25, 0.3) is 0 Å². The van der Waals surface area contributed by atoms with Gasteiger partial charge in [0, 0.05) is 0 Å². The Balaban J connectivity index is 1.52. The van der Waals surface area contributed by atoms with Gasteiger partial charge in [-0.25, -0.2) is 0 Å². The molecule has 0 amide bonds. The van der Waals surface area contributed by atoms with Gasteiger partial charge in [0.15, 0.2) is 0 Å². The number of alkyl halides is 2. The molecule has 1 heterocycles. The van der Waals surface area contributed by atoms with E-state index in [9.17, 15) is 9.90 Å². The molecule has 0 radical (unpaired) electrons. The Morgan fingerprint density at radius 3 is 2.89 bits per heavy atom. The molecule has 19 heavy (non-hydrogen) atoms. The van der Waals surface area contributed by atoms with E-state index in [2.05, 4.69) is 26.1 Å². The zero-order valence-corrected chi connectivity index (χ0v) is 15.1. The Morgan fingerprint density at radius 2 is 2.21 bits per heavy atom. The van der Waals surface area contributed by atoms with Crippen molar-refractivity contribution in [2.75, 3.05) is 0 Å². The molecule has 2 N–H and O–H groups in total. The SMILES string of the molecule is CC1(O)CC2(OC(=O)C(I)C3N[I-]3)CC3CC3(C1)C2. The molecule has 108 valence electrons. The normalized spacial score (nSPS) is 55.7. The molecule has 4 rings (SSSR count). The monoisotopic (exact) mass is 490 g/mol. The average Bonchev–Trinajstić information content (AvgIpc) is 3.14. The maximum absolute atomic E-state index is 12.3. The van der Waals surface area contributed by atoms with Gasteiger partial charge in [-0.05, 0) is 0 Å². The zero-order valence-electron chi connectivity index (χ0n) is 10.8. The molecule has 2 bridgehead atoms. The molecular formula is C13H18I2NO3-. The fourth-order valence-electron chi connectivity index (χ4n) is 4.68. The van der Waals surface area contributed by atoms with Crippen LogP contribution < -0.4 is 25.0 Å². The molecule has 0 aromatic rings. The fourth-order valence-corrected chi connectivity index (χ4v) is 7.76. The first kappa shape index (κ1) is 13.5. The average molecular weight is 490 g/mol. The Hall–Kier alpha value is 0.850. The Bertz CT molecular complexity index is 453. The topological polar surface area (TPSA) is 68.5 Å². The van der Waals surface area contributed by atoms with E-state index in [1.54, 1.807) is 0 Å². The number of esters is 1. The van der Waals surface area contributed by atoms with Crippen LogP contribution in [-0.2, 0) is 9.53 Å². The van der Waals surface area contributed by atoms with E-state index in [4.69, 9.17) is 4.74 Å². The van der Waals surface area contributed by atoms with Gasteiger partial charge in [-0.15, -0.1) is 0 Å². The molecule has 1 saturated heterocycles. The van der Waals surface area contributed by atoms with Crippen LogP contribution in [-0.4, -0.2) is 30.3 Å². The van der Waals surface area contributed by atoms with Crippen LogP contribution in [0.4, 0.5) is 0 Å². The van der Waals surface area contributed by atoms with Gasteiger partial charge in [0.1, 0.15) is 0 Å². The Labute approximate surface area is 137 Å². The van der Waals surface area contributed by atoms with Crippen molar-refractivity contribution in [2.45, 2.75) is 58.2 Å². The van der Waals surface area contributed by atoms with Crippen molar-refractivity contribution in [1.29, 1.82) is 0 Å². The predicted molar refractivity (Wildman–Crippen MR) is 73.2 cm³/mol. The third-order valence-electron chi connectivity index (χ3n) is 5.12. The molecule has 6 heteroatoms. The van der Waals surface area contributed by atoms with Gasteiger partial charge in [-0.2, -0.15) is 0 Å². The van der Waals surface area contributed by atoms with Crippen LogP contribution in [0.3, 0.4) is 0 Å². The number of halogens is 2. The molecule has 4 fully saturated rings. The van der Waals surface area contributed by atoms with E-state index in [1.807, 2.05) is 6.92 Å². The van der Waals surface area contributed by atoms with Gasteiger partial charge >= 0.3 is 138 Å². The van der Waals surface area contributed by atoms with E-state index in [-0.39, 0.29) is 37.0 Å². The summed E-state index contributed by atoms with van der Waals surface area (Å²) in [5.41, 5.74) is -0.721. The van der Waals surface area contributed by atoms with Crippen molar-refractivity contribution in [1.82, 2.24) is 3.53 Å². The first-order valence-electron chi connectivity index (χ1n) is 6.81. The summed E-state index contributed by atoms with van der Waals surface area (Å²) < 4.78 is 9.57. The summed E-state index contributed by atoms with van der Waals surface area (Å²) in [5, 5.41) is 10.5. The fraction of sp³-hybridized carbons (Fsp3) is 0.923. The number of rotatable bonds is 3. The van der Waals surface area contributed by atoms with Crippen LogP contribution in [0, 0.1) is 11.3 Å². The van der Waals surface area contributed by atoms with E-state index in [0.29, 0.717) is 21.8 Å². The first-order valence-corrected chi connectivity index (χ1v) is 10.4. The summed E-state index contributed by atoms with van der Waals surface area (Å²) >= 11 is 2.24. The van der Waals surface area contributed by atoms with Crippen LogP contribution in [0.5, 0.6) is 0 Å². The van der Waals surface area contributed by atoms with Gasteiger partial charge in [0.25, 0.3) is 0 Å². The second kappa shape index (κ2) is 3.98. The van der Waals surface area contributed by atoms with Gasteiger partial charge < -0.3 is 0 Å². The number of aliphatic hydroxyl groups is 1. The quantitative estimate of drug-likeness (QED) is 0.124. The second-order valence-corrected chi connectivity index (χ2v) is 11.1. The van der Waals surface area contributed by atoms with Crippen molar-refractivity contribution in [3.8, 4) is 0 Å². The first-order chi connectivity index (χ1) is 8.83. The van der Waals surface area contributed by atoms with Crippen LogP contribution in [0.15, 0.2) is 0 Å². The molecule has 4 aliphatic rings. The molecule has 0 aromatic carbocycles. The van der Waals surface area contributed by atoms with Gasteiger partial charge in [0.05, 0.1) is 0 Å². The molecule has 3 aliphatic carbocycles. The minimum atomic E-state index is -0.657. The molecule has 6 unspecified atom stereocenters. The third kappa shape index (κ3) is 2.24. The van der Waals surface area contributed by atoms with Crippen molar-refractivity contribution in [3.05, 3.63) is 0 Å². The molecular weight excluding hydrogens is 472 g/mol. The number of fused-ring (bicyclic) bond motifs is 1. The van der Waals surface area contributed by atoms with E-state index in [1.165, 1.54) is 6.42 Å². The summed E-state index contributed by atoms with van der Waals surface area (Å²) in [6.45, 7) is 1.91. The third-order valence-corrected chi connectivity index (χ3v) is 9.79. The summed E-state index contributed by atoms with van der Waals surface area (Å²) in [6, 6.07) is 0. The van der Waals surface area contributed by atoms with Crippen molar-refractivity contribution in [3.63, 3.8) is 0 Å². The number of ether oxygens (including phenoxy) is 1. The molecule has 6 atom stereocenters. The summed E-state index contributed by atoms with van der Waals surface area (Å²) in [7, 11) is 0. The summed E-state index contributed by atoms with van der Waals surface area (Å²) in [4.78, 5) is 12.3. The number of hydrogen-bond donors (Lipinski definition) is 2. The van der Waals surface area contributed by atoms with Crippen LogP contribution in [0.1, 0.15) is 39.0 Å². The zero-order chi connectivity index (χ0) is 13.5. The van der Waals surface area contributed by atoms with Crippen LogP contribution in [0.2, 0.25) is 0 Å². The summed E-state index contributed by atoms with van der Waals surface area (Å²) in [5.74, 6) is 0.623. The Kier molecular flexibility index (Phi) is 2.83. The molecule has 1 spiro atoms. The van der Waals surface area contributed by atoms with Gasteiger partial charge in [0.2, 0.25) is 0 Å². The number of nitrogens with one attached hydrogen (secondary N) is 1. The van der Waals surface area contributed by atoms with Crippen LogP contribution >= 0.6 is 22.6 Å². The van der Waals surface area contributed by atoms with Gasteiger partial charge in [-0.1, -0.05) is 0 Å². The van der Waals surface area contributed by atoms with E-state index in [0.717, 1.165) is 19.3 Å². The van der Waals surface area contributed by atoms with E-state index < -0.39 is 5.60 Å². The van der Waals surface area contributed by atoms with Crippen molar-refractivity contribution < 1.29 is 36.1 Å². The maximum atomic E-state index is 12.3. The number of carbonyl (C=O) groups excluding carboxylic acids is 1. The minimum absolute atomic E-state index is 0.0360. The number of hydrogen-bond acceptors (Lipinski definition) is 4. The molecule has 0 aromatic heterocycles. The second-order valence-electron chi connectivity index (χ2n) is 7.12. The standard InChI is InChI=1S/C13H18I2NO3/c1-11(18)4-12-2-7(12)3-13(5-11,6-12)19-10(17)8(14)9-15-16-9/h7-9,16,18H,2-6H2,1H3/q-1. The molecule has 3 saturated carbocycles. The van der Waals surface area contributed by atoms with E-state index >= 15 is 0 Å². The number of carbonyl (C=O) groups is 1. The molecule has 1 aliphatic heterocycles. The van der Waals surface area contributed by atoms with Crippen molar-refractivity contribution >= 4 is 28.6 Å². The molecule has 4 nitrogen and oxygen atoms in total. The predicted octanol–water partition coefficient (Wildman–Crippen LogP) is -1.65. The summed E-state index contributed by atoms with van der Waals surface area (Å²) in [6.07, 6.45) is 4.72. The van der Waals surface area contributed by atoms with Gasteiger partial charge in [-0.3, -0.25) is 0 Å². The Morgan fingerprint density at radius 1 is 1.47 bits per heavy atom.